The highest BCUT2D eigenvalue weighted by Gasteiger charge is 2.23. The molecule has 1 aromatic rings. The molecule has 1 aliphatic rings. The number of hydrogen-bond donors (Lipinski definition) is 2. The first-order chi connectivity index (χ1) is 6.68. The van der Waals surface area contributed by atoms with Gasteiger partial charge < -0.3 is 5.11 Å². The Morgan fingerprint density at radius 2 is 2.36 bits per heavy atom. The zero-order valence-corrected chi connectivity index (χ0v) is 8.08. The molecule has 14 heavy (non-hydrogen) atoms. The topological polar surface area (TPSA) is 49.3 Å². The first kappa shape index (κ1) is 9.21. The van der Waals surface area contributed by atoms with Gasteiger partial charge in [0.15, 0.2) is 0 Å². The predicted octanol–water partition coefficient (Wildman–Crippen LogP) is 1.09. The van der Waals surface area contributed by atoms with Crippen LogP contribution in [0.25, 0.3) is 0 Å². The van der Waals surface area contributed by atoms with Crippen LogP contribution >= 0.6 is 0 Å². The second-order valence-corrected chi connectivity index (χ2v) is 3.69. The largest absolute Gasteiger partial charge is 0.480 e. The summed E-state index contributed by atoms with van der Waals surface area (Å²) < 4.78 is 0. The molecule has 2 rings (SSSR count). The van der Waals surface area contributed by atoms with Gasteiger partial charge in [0.2, 0.25) is 0 Å². The van der Waals surface area contributed by atoms with Crippen molar-refractivity contribution in [1.29, 1.82) is 0 Å². The molecule has 0 bridgehead atoms. The summed E-state index contributed by atoms with van der Waals surface area (Å²) in [6.07, 6.45) is 0.590. The molecule has 3 nitrogen and oxygen atoms in total. The molecule has 0 aliphatic carbocycles. The summed E-state index contributed by atoms with van der Waals surface area (Å²) in [5.74, 6) is -0.767. The highest BCUT2D eigenvalue weighted by Crippen LogP contribution is 2.19. The molecule has 1 aromatic carbocycles. The van der Waals surface area contributed by atoms with Crippen LogP contribution < -0.4 is 5.32 Å². The van der Waals surface area contributed by atoms with Gasteiger partial charge in [-0.05, 0) is 30.0 Å². The molecule has 1 unspecified atom stereocenters. The maximum atomic E-state index is 10.8. The van der Waals surface area contributed by atoms with Crippen LogP contribution in [0, 0.1) is 6.92 Å². The van der Waals surface area contributed by atoms with Gasteiger partial charge in [0, 0.05) is 6.54 Å². The van der Waals surface area contributed by atoms with Gasteiger partial charge in [-0.1, -0.05) is 18.2 Å². The van der Waals surface area contributed by atoms with Gasteiger partial charge in [-0.25, -0.2) is 0 Å². The zero-order chi connectivity index (χ0) is 10.1. The summed E-state index contributed by atoms with van der Waals surface area (Å²) in [7, 11) is 0. The van der Waals surface area contributed by atoms with Crippen molar-refractivity contribution >= 4 is 5.97 Å². The fraction of sp³-hybridized carbons (Fsp3) is 0.364. The van der Waals surface area contributed by atoms with Crippen LogP contribution in [0.2, 0.25) is 0 Å². The number of carbonyl (C=O) groups is 1. The summed E-state index contributed by atoms with van der Waals surface area (Å²) in [6, 6.07) is 5.63. The van der Waals surface area contributed by atoms with Crippen LogP contribution in [0.4, 0.5) is 0 Å². The van der Waals surface area contributed by atoms with Crippen molar-refractivity contribution in [2.24, 2.45) is 0 Å². The number of aryl methyl sites for hydroxylation is 1. The average molecular weight is 191 g/mol. The number of carboxylic acids is 1. The molecular weight excluding hydrogens is 178 g/mol. The standard InChI is InChI=1S/C11H13NO2/c1-7-3-2-4-8-5-10(11(13)14)12-6-9(7)8/h2-4,10,12H,5-6H2,1H3,(H,13,14). The third kappa shape index (κ3) is 1.51. The van der Waals surface area contributed by atoms with Gasteiger partial charge >= 0.3 is 5.97 Å². The maximum absolute atomic E-state index is 10.8. The van der Waals surface area contributed by atoms with Crippen molar-refractivity contribution in [3.05, 3.63) is 34.9 Å². The van der Waals surface area contributed by atoms with E-state index in [0.29, 0.717) is 13.0 Å². The van der Waals surface area contributed by atoms with Crippen molar-refractivity contribution in [3.8, 4) is 0 Å². The van der Waals surface area contributed by atoms with Crippen LogP contribution in [0.3, 0.4) is 0 Å². The molecule has 0 fully saturated rings. The summed E-state index contributed by atoms with van der Waals surface area (Å²) >= 11 is 0. The normalized spacial score (nSPS) is 20.2. The third-order valence-electron chi connectivity index (χ3n) is 2.75. The van der Waals surface area contributed by atoms with E-state index in [4.69, 9.17) is 5.11 Å². The summed E-state index contributed by atoms with van der Waals surface area (Å²) in [6.45, 7) is 2.72. The minimum Gasteiger partial charge on any atom is -0.480 e. The first-order valence-electron chi connectivity index (χ1n) is 4.72. The molecule has 1 aliphatic heterocycles. The van der Waals surface area contributed by atoms with E-state index < -0.39 is 12.0 Å². The van der Waals surface area contributed by atoms with E-state index in [9.17, 15) is 4.79 Å². The molecular formula is C11H13NO2. The minimum absolute atomic E-state index is 0.427. The molecule has 0 aromatic heterocycles. The Morgan fingerprint density at radius 1 is 1.57 bits per heavy atom. The molecule has 0 saturated heterocycles. The SMILES string of the molecule is Cc1cccc2c1CNC(C(=O)O)C2. The van der Waals surface area contributed by atoms with Gasteiger partial charge in [-0.2, -0.15) is 0 Å². The lowest BCUT2D eigenvalue weighted by molar-refractivity contribution is -0.139. The summed E-state index contributed by atoms with van der Waals surface area (Å²) in [5, 5.41) is 11.9. The van der Waals surface area contributed by atoms with Crippen LogP contribution in [0.5, 0.6) is 0 Å². The van der Waals surface area contributed by atoms with E-state index in [1.54, 1.807) is 0 Å². The van der Waals surface area contributed by atoms with Crippen molar-refractivity contribution in [2.75, 3.05) is 0 Å². The Kier molecular flexibility index (Phi) is 2.25. The Morgan fingerprint density at radius 3 is 3.07 bits per heavy atom. The second-order valence-electron chi connectivity index (χ2n) is 3.69. The Bertz CT molecular complexity index is 374. The highest BCUT2D eigenvalue weighted by molar-refractivity contribution is 5.74. The number of benzene rings is 1. The van der Waals surface area contributed by atoms with Crippen molar-refractivity contribution < 1.29 is 9.90 Å². The number of aliphatic carboxylic acids is 1. The molecule has 3 heteroatoms. The Hall–Kier alpha value is -1.35. The summed E-state index contributed by atoms with van der Waals surface area (Å²) in [4.78, 5) is 10.8. The van der Waals surface area contributed by atoms with Gasteiger partial charge in [-0.3, -0.25) is 10.1 Å². The predicted molar refractivity (Wildman–Crippen MR) is 53.1 cm³/mol. The lowest BCUT2D eigenvalue weighted by Gasteiger charge is -2.24. The molecule has 1 atom stereocenters. The number of fused-ring (bicyclic) bond motifs is 1. The fourth-order valence-corrected chi connectivity index (χ4v) is 1.90. The average Bonchev–Trinajstić information content (AvgIpc) is 2.17. The number of rotatable bonds is 1. The van der Waals surface area contributed by atoms with Crippen LogP contribution in [0.15, 0.2) is 18.2 Å². The Labute approximate surface area is 82.8 Å². The highest BCUT2D eigenvalue weighted by atomic mass is 16.4. The van der Waals surface area contributed by atoms with E-state index in [1.165, 1.54) is 11.1 Å². The number of hydrogen-bond acceptors (Lipinski definition) is 2. The van der Waals surface area contributed by atoms with Crippen LogP contribution in [0.1, 0.15) is 16.7 Å². The molecule has 0 saturated carbocycles. The Balaban J connectivity index is 2.31. The van der Waals surface area contributed by atoms with Gasteiger partial charge in [0.05, 0.1) is 0 Å². The molecule has 74 valence electrons. The van der Waals surface area contributed by atoms with Crippen molar-refractivity contribution in [1.82, 2.24) is 5.32 Å². The van der Waals surface area contributed by atoms with E-state index in [1.807, 2.05) is 12.1 Å². The molecule has 0 radical (unpaired) electrons. The maximum Gasteiger partial charge on any atom is 0.321 e. The lowest BCUT2D eigenvalue weighted by atomic mass is 9.93. The van der Waals surface area contributed by atoms with Crippen molar-refractivity contribution in [2.45, 2.75) is 25.9 Å². The molecule has 1 heterocycles. The number of carboxylic acid groups (broad SMARTS) is 1. The van der Waals surface area contributed by atoms with E-state index in [-0.39, 0.29) is 0 Å². The summed E-state index contributed by atoms with van der Waals surface area (Å²) in [5.41, 5.74) is 3.65. The zero-order valence-electron chi connectivity index (χ0n) is 8.08. The van der Waals surface area contributed by atoms with Crippen molar-refractivity contribution in [3.63, 3.8) is 0 Å². The second kappa shape index (κ2) is 3.42. The molecule has 0 spiro atoms. The minimum atomic E-state index is -0.767. The van der Waals surface area contributed by atoms with Gasteiger partial charge in [-0.15, -0.1) is 0 Å². The fourth-order valence-electron chi connectivity index (χ4n) is 1.90. The first-order valence-corrected chi connectivity index (χ1v) is 4.72. The van der Waals surface area contributed by atoms with E-state index >= 15 is 0 Å². The number of nitrogens with one attached hydrogen (secondary N) is 1. The van der Waals surface area contributed by atoms with Crippen LogP contribution in [-0.4, -0.2) is 17.1 Å². The van der Waals surface area contributed by atoms with Crippen LogP contribution in [-0.2, 0) is 17.8 Å². The monoisotopic (exact) mass is 191 g/mol. The lowest BCUT2D eigenvalue weighted by Crippen LogP contribution is -2.41. The molecule has 0 amide bonds. The van der Waals surface area contributed by atoms with E-state index in [0.717, 1.165) is 5.56 Å². The quantitative estimate of drug-likeness (QED) is 0.698. The third-order valence-corrected chi connectivity index (χ3v) is 2.75. The molecule has 2 N–H and O–H groups in total. The smallest absolute Gasteiger partial charge is 0.321 e. The van der Waals surface area contributed by atoms with Gasteiger partial charge in [0.1, 0.15) is 6.04 Å². The van der Waals surface area contributed by atoms with E-state index in [2.05, 4.69) is 18.3 Å². The van der Waals surface area contributed by atoms with Gasteiger partial charge in [0.25, 0.3) is 0 Å².